The number of rotatable bonds is 8. The summed E-state index contributed by atoms with van der Waals surface area (Å²) in [6.45, 7) is 2.75. The fourth-order valence-electron chi connectivity index (χ4n) is 3.57. The number of ether oxygens (including phenoxy) is 3. The van der Waals surface area contributed by atoms with Gasteiger partial charge in [-0.25, -0.2) is 0 Å². The molecule has 0 radical (unpaired) electrons. The number of hydrogen-bond donors (Lipinski definition) is 1. The smallest absolute Gasteiger partial charge is 0.295 e. The zero-order valence-electron chi connectivity index (χ0n) is 17.4. The van der Waals surface area contributed by atoms with E-state index in [0.29, 0.717) is 36.6 Å². The van der Waals surface area contributed by atoms with Gasteiger partial charge in [-0.15, -0.1) is 11.3 Å². The Labute approximate surface area is 179 Å². The average Bonchev–Trinajstić information content (AvgIpc) is 3.28. The molecule has 160 valence electrons. The zero-order valence-corrected chi connectivity index (χ0v) is 18.2. The molecule has 2 heterocycles. The first-order chi connectivity index (χ1) is 14.4. The number of nitrogens with zero attached hydrogens (tertiary/aromatic N) is 1. The molecule has 1 aromatic carbocycles. The summed E-state index contributed by atoms with van der Waals surface area (Å²) in [5.74, 6) is -0.635. The summed E-state index contributed by atoms with van der Waals surface area (Å²) in [6, 6.07) is 6.16. The van der Waals surface area contributed by atoms with Crippen molar-refractivity contribution in [3.8, 4) is 11.5 Å². The molecule has 0 bridgehead atoms. The Morgan fingerprint density at radius 2 is 1.87 bits per heavy atom. The summed E-state index contributed by atoms with van der Waals surface area (Å²) in [7, 11) is 4.60. The number of benzene rings is 1. The number of amides is 1. The van der Waals surface area contributed by atoms with E-state index in [-0.39, 0.29) is 11.3 Å². The number of methoxy groups -OCH3 is 3. The third-order valence-electron chi connectivity index (χ3n) is 5.09. The molecule has 1 atom stereocenters. The van der Waals surface area contributed by atoms with Crippen molar-refractivity contribution in [3.05, 3.63) is 51.2 Å². The van der Waals surface area contributed by atoms with Gasteiger partial charge in [0.2, 0.25) is 0 Å². The van der Waals surface area contributed by atoms with Gasteiger partial charge in [-0.3, -0.25) is 9.59 Å². The number of thiophene rings is 1. The van der Waals surface area contributed by atoms with Crippen molar-refractivity contribution in [2.45, 2.75) is 19.4 Å². The molecule has 2 aromatic rings. The van der Waals surface area contributed by atoms with E-state index in [0.717, 1.165) is 10.4 Å². The highest BCUT2D eigenvalue weighted by Gasteiger charge is 2.46. The third-order valence-corrected chi connectivity index (χ3v) is 6.17. The van der Waals surface area contributed by atoms with Crippen molar-refractivity contribution in [2.75, 3.05) is 34.5 Å². The van der Waals surface area contributed by atoms with Crippen molar-refractivity contribution in [2.24, 2.45) is 0 Å². The van der Waals surface area contributed by atoms with Crippen LogP contribution in [0.4, 0.5) is 0 Å². The number of likely N-dealkylation sites (tertiary alicyclic amines) is 1. The van der Waals surface area contributed by atoms with E-state index >= 15 is 0 Å². The lowest BCUT2D eigenvalue weighted by Crippen LogP contribution is -2.31. The van der Waals surface area contributed by atoms with Crippen LogP contribution in [-0.2, 0) is 14.3 Å². The van der Waals surface area contributed by atoms with Gasteiger partial charge < -0.3 is 24.2 Å². The highest BCUT2D eigenvalue weighted by atomic mass is 32.1. The van der Waals surface area contributed by atoms with Crippen LogP contribution in [0.25, 0.3) is 5.76 Å². The number of carbonyl (C=O) groups excluding carboxylic acids is 2. The van der Waals surface area contributed by atoms with Crippen molar-refractivity contribution in [1.82, 2.24) is 4.90 Å². The Kier molecular flexibility index (Phi) is 6.79. The summed E-state index contributed by atoms with van der Waals surface area (Å²) < 4.78 is 15.6. The van der Waals surface area contributed by atoms with Crippen LogP contribution in [0, 0.1) is 6.92 Å². The monoisotopic (exact) mass is 431 g/mol. The van der Waals surface area contributed by atoms with Crippen LogP contribution in [0.3, 0.4) is 0 Å². The lowest BCUT2D eigenvalue weighted by Gasteiger charge is -2.24. The van der Waals surface area contributed by atoms with Gasteiger partial charge >= 0.3 is 0 Å². The molecule has 1 unspecified atom stereocenters. The van der Waals surface area contributed by atoms with Gasteiger partial charge in [-0.1, -0.05) is 0 Å². The van der Waals surface area contributed by atoms with Crippen LogP contribution in [0.1, 0.15) is 28.5 Å². The zero-order chi connectivity index (χ0) is 21.8. The molecule has 1 saturated heterocycles. The molecule has 0 aliphatic carbocycles. The fourth-order valence-corrected chi connectivity index (χ4v) is 4.61. The van der Waals surface area contributed by atoms with E-state index in [1.807, 2.05) is 18.4 Å². The largest absolute Gasteiger partial charge is 0.507 e. The van der Waals surface area contributed by atoms with E-state index in [9.17, 15) is 14.7 Å². The van der Waals surface area contributed by atoms with Crippen molar-refractivity contribution < 1.29 is 28.9 Å². The van der Waals surface area contributed by atoms with Crippen LogP contribution in [0.2, 0.25) is 0 Å². The number of aliphatic hydroxyl groups is 1. The van der Waals surface area contributed by atoms with Crippen LogP contribution in [-0.4, -0.2) is 56.2 Å². The minimum atomic E-state index is -0.697. The molecular weight excluding hydrogens is 406 g/mol. The Balaban J connectivity index is 2.13. The quantitative estimate of drug-likeness (QED) is 0.298. The number of hydrogen-bond acceptors (Lipinski definition) is 7. The molecule has 7 nitrogen and oxygen atoms in total. The van der Waals surface area contributed by atoms with Crippen molar-refractivity contribution >= 4 is 28.8 Å². The van der Waals surface area contributed by atoms with Gasteiger partial charge in [0.25, 0.3) is 11.7 Å². The minimum absolute atomic E-state index is 0.0789. The Hall–Kier alpha value is -2.84. The van der Waals surface area contributed by atoms with Crippen LogP contribution in [0.15, 0.2) is 35.2 Å². The van der Waals surface area contributed by atoms with E-state index in [1.54, 1.807) is 25.3 Å². The van der Waals surface area contributed by atoms with Gasteiger partial charge in [0.1, 0.15) is 5.76 Å². The van der Waals surface area contributed by atoms with E-state index < -0.39 is 17.7 Å². The molecule has 1 aromatic heterocycles. The van der Waals surface area contributed by atoms with Crippen molar-refractivity contribution in [3.63, 3.8) is 0 Å². The summed E-state index contributed by atoms with van der Waals surface area (Å²) in [5, 5.41) is 13.0. The summed E-state index contributed by atoms with van der Waals surface area (Å²) >= 11 is 1.46. The van der Waals surface area contributed by atoms with Crippen LogP contribution < -0.4 is 9.47 Å². The number of aliphatic hydroxyl groups excluding tert-OH is 1. The third kappa shape index (κ3) is 3.93. The van der Waals surface area contributed by atoms with Crippen LogP contribution in [0.5, 0.6) is 11.5 Å². The van der Waals surface area contributed by atoms with E-state index in [2.05, 4.69) is 0 Å². The Morgan fingerprint density at radius 1 is 1.13 bits per heavy atom. The second-order valence-electron chi connectivity index (χ2n) is 6.88. The van der Waals surface area contributed by atoms with Gasteiger partial charge in [-0.05, 0) is 48.6 Å². The lowest BCUT2D eigenvalue weighted by atomic mass is 9.98. The predicted octanol–water partition coefficient (Wildman–Crippen LogP) is 3.53. The maximum absolute atomic E-state index is 13.0. The predicted molar refractivity (Wildman–Crippen MR) is 114 cm³/mol. The lowest BCUT2D eigenvalue weighted by molar-refractivity contribution is -0.140. The molecule has 1 aliphatic heterocycles. The molecule has 30 heavy (non-hydrogen) atoms. The molecule has 8 heteroatoms. The standard InChI is InChI=1S/C22H25NO6S/c1-13-8-11-30-21(13)18-17(20(25)22(26)23(18)9-5-10-27-2)19(24)14-6-7-15(28-3)16(12-14)29-4/h6-8,11-12,18,24H,5,9-10H2,1-4H3/b19-17-. The maximum Gasteiger partial charge on any atom is 0.295 e. The Bertz CT molecular complexity index is 980. The topological polar surface area (TPSA) is 85.3 Å². The molecule has 1 amide bonds. The first kappa shape index (κ1) is 21.9. The summed E-state index contributed by atoms with van der Waals surface area (Å²) in [5.41, 5.74) is 1.42. The molecule has 3 rings (SSSR count). The number of carbonyl (C=O) groups is 2. The van der Waals surface area contributed by atoms with Gasteiger partial charge in [0.05, 0.1) is 25.8 Å². The molecular formula is C22H25NO6S. The normalized spacial score (nSPS) is 18.1. The van der Waals surface area contributed by atoms with E-state index in [1.165, 1.54) is 30.5 Å². The SMILES string of the molecule is COCCCN1C(=O)C(=O)/C(=C(\O)c2ccc(OC)c(OC)c2)C1c1sccc1C. The van der Waals surface area contributed by atoms with E-state index in [4.69, 9.17) is 14.2 Å². The van der Waals surface area contributed by atoms with Crippen LogP contribution >= 0.6 is 11.3 Å². The Morgan fingerprint density at radius 3 is 2.47 bits per heavy atom. The summed E-state index contributed by atoms with van der Waals surface area (Å²) in [4.78, 5) is 28.2. The van der Waals surface area contributed by atoms with Gasteiger partial charge in [0.15, 0.2) is 11.5 Å². The first-order valence-electron chi connectivity index (χ1n) is 9.48. The first-order valence-corrected chi connectivity index (χ1v) is 10.4. The average molecular weight is 432 g/mol. The molecule has 1 N–H and O–H groups in total. The molecule has 0 saturated carbocycles. The highest BCUT2D eigenvalue weighted by Crippen LogP contribution is 2.43. The molecule has 0 spiro atoms. The molecule has 1 fully saturated rings. The minimum Gasteiger partial charge on any atom is -0.507 e. The van der Waals surface area contributed by atoms with Crippen molar-refractivity contribution in [1.29, 1.82) is 0 Å². The van der Waals surface area contributed by atoms with Gasteiger partial charge in [-0.2, -0.15) is 0 Å². The summed E-state index contributed by atoms with van der Waals surface area (Å²) in [6.07, 6.45) is 0.584. The molecule has 1 aliphatic rings. The second kappa shape index (κ2) is 9.32. The highest BCUT2D eigenvalue weighted by molar-refractivity contribution is 7.10. The number of Topliss-reactive ketones (excluding diaryl/α,β-unsaturated/α-hetero) is 1. The fraction of sp³-hybridized carbons (Fsp3) is 0.364. The van der Waals surface area contributed by atoms with Gasteiger partial charge in [0, 0.05) is 30.7 Å². The second-order valence-corrected chi connectivity index (χ2v) is 7.82. The number of ketones is 1. The number of aryl methyl sites for hydroxylation is 1. The maximum atomic E-state index is 13.0.